The van der Waals surface area contributed by atoms with Crippen molar-refractivity contribution in [3.05, 3.63) is 71.9 Å². The number of hydrogen-bond donors (Lipinski definition) is 0. The zero-order valence-electron chi connectivity index (χ0n) is 11.3. The lowest BCUT2D eigenvalue weighted by Gasteiger charge is -2.05. The molecule has 0 aliphatic heterocycles. The number of rotatable bonds is 2. The van der Waals surface area contributed by atoms with Gasteiger partial charge in [-0.05, 0) is 31.2 Å². The number of aromatic nitrogens is 2. The van der Waals surface area contributed by atoms with Crippen molar-refractivity contribution in [2.75, 3.05) is 0 Å². The second-order valence-electron chi connectivity index (χ2n) is 4.77. The summed E-state index contributed by atoms with van der Waals surface area (Å²) in [5, 5.41) is 0. The van der Waals surface area contributed by atoms with E-state index in [0.29, 0.717) is 11.3 Å². The lowest BCUT2D eigenvalue weighted by Crippen LogP contribution is -1.96. The quantitative estimate of drug-likeness (QED) is 0.651. The number of halogens is 2. The van der Waals surface area contributed by atoms with Crippen molar-refractivity contribution in [1.29, 1.82) is 0 Å². The van der Waals surface area contributed by atoms with Crippen LogP contribution in [0.5, 0.6) is 0 Å². The lowest BCUT2D eigenvalue weighted by atomic mass is 10.1. The summed E-state index contributed by atoms with van der Waals surface area (Å²) in [4.78, 5) is 8.14. The summed E-state index contributed by atoms with van der Waals surface area (Å²) in [6, 6.07) is 14.6. The van der Waals surface area contributed by atoms with Crippen molar-refractivity contribution >= 4 is 0 Å². The van der Waals surface area contributed by atoms with Gasteiger partial charge in [0.2, 0.25) is 5.95 Å². The van der Waals surface area contributed by atoms with E-state index < -0.39 is 5.95 Å². The van der Waals surface area contributed by atoms with E-state index >= 15 is 0 Å². The molecule has 0 atom stereocenters. The van der Waals surface area contributed by atoms with Crippen LogP contribution in [0.4, 0.5) is 8.78 Å². The number of hydrogen-bond acceptors (Lipinski definition) is 2. The van der Waals surface area contributed by atoms with Crippen molar-refractivity contribution in [2.45, 2.75) is 6.92 Å². The molecule has 0 amide bonds. The first kappa shape index (κ1) is 13.4. The van der Waals surface area contributed by atoms with Gasteiger partial charge in [0.1, 0.15) is 5.82 Å². The highest BCUT2D eigenvalue weighted by Crippen LogP contribution is 2.22. The molecule has 0 saturated heterocycles. The van der Waals surface area contributed by atoms with Crippen LogP contribution in [0.15, 0.2) is 54.6 Å². The van der Waals surface area contributed by atoms with Gasteiger partial charge in [0.15, 0.2) is 5.82 Å². The minimum absolute atomic E-state index is 0.241. The first-order valence-corrected chi connectivity index (χ1v) is 6.49. The van der Waals surface area contributed by atoms with Crippen LogP contribution in [-0.4, -0.2) is 9.97 Å². The minimum atomic E-state index is -0.611. The first-order chi connectivity index (χ1) is 10.1. The normalized spacial score (nSPS) is 10.6. The van der Waals surface area contributed by atoms with Crippen LogP contribution in [0.1, 0.15) is 5.56 Å². The zero-order valence-corrected chi connectivity index (χ0v) is 11.3. The van der Waals surface area contributed by atoms with Crippen LogP contribution >= 0.6 is 0 Å². The number of aryl methyl sites for hydroxylation is 1. The molecular formula is C17H12F2N2. The fraction of sp³-hybridized carbons (Fsp3) is 0.0588. The topological polar surface area (TPSA) is 25.8 Å². The fourth-order valence-corrected chi connectivity index (χ4v) is 2.02. The monoisotopic (exact) mass is 282 g/mol. The molecule has 0 bridgehead atoms. The molecule has 0 saturated carbocycles. The van der Waals surface area contributed by atoms with Gasteiger partial charge in [-0.3, -0.25) is 0 Å². The average molecular weight is 282 g/mol. The van der Waals surface area contributed by atoms with Gasteiger partial charge in [-0.25, -0.2) is 9.37 Å². The van der Waals surface area contributed by atoms with Crippen molar-refractivity contribution in [1.82, 2.24) is 9.97 Å². The zero-order chi connectivity index (χ0) is 14.8. The Morgan fingerprint density at radius 1 is 0.762 bits per heavy atom. The third-order valence-corrected chi connectivity index (χ3v) is 3.14. The third kappa shape index (κ3) is 2.94. The number of nitrogens with zero attached hydrogens (tertiary/aromatic N) is 2. The van der Waals surface area contributed by atoms with E-state index in [1.165, 1.54) is 30.3 Å². The van der Waals surface area contributed by atoms with E-state index in [4.69, 9.17) is 0 Å². The van der Waals surface area contributed by atoms with Gasteiger partial charge in [0, 0.05) is 17.2 Å². The molecule has 0 aliphatic carbocycles. The average Bonchev–Trinajstić information content (AvgIpc) is 2.48. The van der Waals surface area contributed by atoms with Gasteiger partial charge >= 0.3 is 0 Å². The summed E-state index contributed by atoms with van der Waals surface area (Å²) in [5.41, 5.74) is 3.00. The molecule has 0 spiro atoms. The molecule has 0 unspecified atom stereocenters. The standard InChI is InChI=1S/C17H12F2N2/c1-11-2-4-12(5-3-11)15-10-16(19)21-17(20-15)13-6-8-14(18)9-7-13/h2-10H,1H3. The van der Waals surface area contributed by atoms with Gasteiger partial charge in [-0.1, -0.05) is 29.8 Å². The van der Waals surface area contributed by atoms with Crippen LogP contribution in [0.2, 0.25) is 0 Å². The van der Waals surface area contributed by atoms with Crippen LogP contribution in [0, 0.1) is 18.7 Å². The maximum Gasteiger partial charge on any atom is 0.217 e. The summed E-state index contributed by atoms with van der Waals surface area (Å²) < 4.78 is 26.7. The SMILES string of the molecule is Cc1ccc(-c2cc(F)nc(-c3ccc(F)cc3)n2)cc1. The molecule has 0 aliphatic rings. The van der Waals surface area contributed by atoms with Crippen molar-refractivity contribution in [2.24, 2.45) is 0 Å². The summed E-state index contributed by atoms with van der Waals surface area (Å²) >= 11 is 0. The highest BCUT2D eigenvalue weighted by Gasteiger charge is 2.08. The largest absolute Gasteiger partial charge is 0.228 e. The van der Waals surface area contributed by atoms with E-state index in [-0.39, 0.29) is 11.6 Å². The van der Waals surface area contributed by atoms with Crippen LogP contribution in [0.3, 0.4) is 0 Å². The molecule has 0 fully saturated rings. The van der Waals surface area contributed by atoms with Crippen molar-refractivity contribution < 1.29 is 8.78 Å². The lowest BCUT2D eigenvalue weighted by molar-refractivity contribution is 0.582. The fourth-order valence-electron chi connectivity index (χ4n) is 2.02. The molecular weight excluding hydrogens is 270 g/mol. The van der Waals surface area contributed by atoms with Crippen LogP contribution in [-0.2, 0) is 0 Å². The second kappa shape index (κ2) is 5.40. The molecule has 0 N–H and O–H groups in total. The molecule has 1 heterocycles. The smallest absolute Gasteiger partial charge is 0.217 e. The summed E-state index contributed by atoms with van der Waals surface area (Å²) in [7, 11) is 0. The van der Waals surface area contributed by atoms with Crippen molar-refractivity contribution in [3.8, 4) is 22.6 Å². The Morgan fingerprint density at radius 3 is 2.05 bits per heavy atom. The third-order valence-electron chi connectivity index (χ3n) is 3.14. The molecule has 2 aromatic carbocycles. The van der Waals surface area contributed by atoms with E-state index in [9.17, 15) is 8.78 Å². The minimum Gasteiger partial charge on any atom is -0.228 e. The summed E-state index contributed by atoms with van der Waals surface area (Å²) in [6.07, 6.45) is 0. The Kier molecular flexibility index (Phi) is 3.44. The molecule has 1 aromatic heterocycles. The highest BCUT2D eigenvalue weighted by atomic mass is 19.1. The molecule has 2 nitrogen and oxygen atoms in total. The second-order valence-corrected chi connectivity index (χ2v) is 4.77. The first-order valence-electron chi connectivity index (χ1n) is 6.49. The Labute approximate surface area is 121 Å². The van der Waals surface area contributed by atoms with Gasteiger partial charge in [0.05, 0.1) is 5.69 Å². The van der Waals surface area contributed by atoms with E-state index in [2.05, 4.69) is 9.97 Å². The van der Waals surface area contributed by atoms with Crippen LogP contribution < -0.4 is 0 Å². The van der Waals surface area contributed by atoms with E-state index in [0.717, 1.165) is 11.1 Å². The Morgan fingerprint density at radius 2 is 1.38 bits per heavy atom. The molecule has 21 heavy (non-hydrogen) atoms. The molecule has 0 radical (unpaired) electrons. The molecule has 3 aromatic rings. The maximum atomic E-state index is 13.7. The summed E-state index contributed by atoms with van der Waals surface area (Å²) in [6.45, 7) is 1.98. The van der Waals surface area contributed by atoms with E-state index in [1.54, 1.807) is 0 Å². The molecule has 104 valence electrons. The Balaban J connectivity index is 2.07. The van der Waals surface area contributed by atoms with Crippen molar-refractivity contribution in [3.63, 3.8) is 0 Å². The Bertz CT molecular complexity index is 702. The van der Waals surface area contributed by atoms with Gasteiger partial charge in [-0.2, -0.15) is 9.37 Å². The predicted octanol–water partition coefficient (Wildman–Crippen LogP) is 4.40. The van der Waals surface area contributed by atoms with Gasteiger partial charge in [0.25, 0.3) is 0 Å². The summed E-state index contributed by atoms with van der Waals surface area (Å²) in [5.74, 6) is -0.723. The Hall–Kier alpha value is -2.62. The molecule has 4 heteroatoms. The number of benzene rings is 2. The highest BCUT2D eigenvalue weighted by molar-refractivity contribution is 5.63. The van der Waals surface area contributed by atoms with Gasteiger partial charge in [-0.15, -0.1) is 0 Å². The van der Waals surface area contributed by atoms with Crippen LogP contribution in [0.25, 0.3) is 22.6 Å². The predicted molar refractivity (Wildman–Crippen MR) is 77.6 cm³/mol. The molecule has 3 rings (SSSR count). The maximum absolute atomic E-state index is 13.7. The van der Waals surface area contributed by atoms with Gasteiger partial charge < -0.3 is 0 Å². The van der Waals surface area contributed by atoms with E-state index in [1.807, 2.05) is 31.2 Å².